The maximum atomic E-state index is 13.8. The highest BCUT2D eigenvalue weighted by Gasteiger charge is 2.38. The van der Waals surface area contributed by atoms with Crippen LogP contribution in [0.1, 0.15) is 70.8 Å². The van der Waals surface area contributed by atoms with Crippen LogP contribution in [0.2, 0.25) is 0 Å². The van der Waals surface area contributed by atoms with Gasteiger partial charge in [0.05, 0.1) is 42.6 Å². The highest BCUT2D eigenvalue weighted by Crippen LogP contribution is 2.45. The normalized spacial score (nSPS) is 21.0. The van der Waals surface area contributed by atoms with E-state index in [-0.39, 0.29) is 47.8 Å². The first-order valence-corrected chi connectivity index (χ1v) is 20.7. The van der Waals surface area contributed by atoms with Crippen molar-refractivity contribution in [2.24, 2.45) is 0 Å². The first kappa shape index (κ1) is 41.2. The molecule has 0 unspecified atom stereocenters. The van der Waals surface area contributed by atoms with E-state index in [1.54, 1.807) is 62.3 Å². The van der Waals surface area contributed by atoms with Crippen LogP contribution in [0.25, 0.3) is 16.9 Å². The maximum absolute atomic E-state index is 13.8. The fourth-order valence-corrected chi connectivity index (χ4v) is 8.64. The number of benzene rings is 2. The minimum absolute atomic E-state index is 0.00873. The Morgan fingerprint density at radius 3 is 2.52 bits per heavy atom. The van der Waals surface area contributed by atoms with Crippen molar-refractivity contribution >= 4 is 46.9 Å². The van der Waals surface area contributed by atoms with Gasteiger partial charge in [0.2, 0.25) is 23.6 Å². The molecule has 4 aromatic rings. The summed E-state index contributed by atoms with van der Waals surface area (Å²) in [5.41, 5.74) is 2.93. The van der Waals surface area contributed by atoms with Crippen LogP contribution in [-0.2, 0) is 23.9 Å². The number of nitrogens with one attached hydrogen (secondary N) is 3. The third kappa shape index (κ3) is 9.13. The van der Waals surface area contributed by atoms with Crippen molar-refractivity contribution in [1.82, 2.24) is 35.5 Å². The number of aromatic nitrogens is 4. The molecule has 61 heavy (non-hydrogen) atoms. The molecule has 0 radical (unpaired) electrons. The van der Waals surface area contributed by atoms with Gasteiger partial charge in [-0.1, -0.05) is 24.3 Å². The predicted octanol–water partition coefficient (Wildman–Crippen LogP) is 3.88. The third-order valence-electron chi connectivity index (χ3n) is 11.5. The summed E-state index contributed by atoms with van der Waals surface area (Å²) in [4.78, 5) is 69.5. The van der Waals surface area contributed by atoms with Gasteiger partial charge in [-0.15, -0.1) is 10.2 Å². The number of imide groups is 1. The highest BCUT2D eigenvalue weighted by atomic mass is 16.6. The van der Waals surface area contributed by atoms with Gasteiger partial charge in [0.1, 0.15) is 42.0 Å². The van der Waals surface area contributed by atoms with Gasteiger partial charge >= 0.3 is 6.09 Å². The number of carbonyl (C=O) groups is 5. The quantitative estimate of drug-likeness (QED) is 0.177. The van der Waals surface area contributed by atoms with Crippen molar-refractivity contribution in [2.75, 3.05) is 54.4 Å². The molecule has 2 aromatic carbocycles. The molecule has 2 saturated heterocycles. The van der Waals surface area contributed by atoms with Crippen LogP contribution in [0.4, 0.5) is 22.0 Å². The molecule has 5 heterocycles. The lowest BCUT2D eigenvalue weighted by Crippen LogP contribution is -2.54. The molecule has 0 spiro atoms. The van der Waals surface area contributed by atoms with Crippen molar-refractivity contribution in [2.45, 2.75) is 82.9 Å². The highest BCUT2D eigenvalue weighted by molar-refractivity contribution is 6.02. The van der Waals surface area contributed by atoms with Crippen molar-refractivity contribution in [1.29, 1.82) is 0 Å². The van der Waals surface area contributed by atoms with E-state index in [0.29, 0.717) is 61.7 Å². The standard InChI is InChI=1S/C43H50N10O8/c1-43(2,3)61-42(59)44-23-37(56)46-40-34(21-31(48-49-40)30-7-4-5-10-35(30)54)53-24-28(22-45-53)51-18-17-50(25-38(51)57)27-13-11-26(12-14-27)29-8-6-9-32-39(29)60-20-19-52(32)33-15-16-36(55)47-41(33)58/h4-10,21-22,24,26-27,33,54H,11-20,23,25H2,1-3H3,(H,44,59)(H,46,49,56)(H,47,55,58)/t26?,27?,33-/m0/s1. The molecule has 5 amide bonds. The van der Waals surface area contributed by atoms with Crippen LogP contribution in [0, 0.1) is 0 Å². The summed E-state index contributed by atoms with van der Waals surface area (Å²) in [5, 5.41) is 31.2. The second-order valence-corrected chi connectivity index (χ2v) is 16.8. The molecule has 18 heteroatoms. The first-order valence-electron chi connectivity index (χ1n) is 20.7. The number of hydrogen-bond acceptors (Lipinski definition) is 13. The van der Waals surface area contributed by atoms with Crippen LogP contribution in [-0.4, -0.2) is 117 Å². The van der Waals surface area contributed by atoms with Crippen LogP contribution in [0.3, 0.4) is 0 Å². The molecule has 1 aliphatic carbocycles. The Balaban J connectivity index is 0.919. The maximum Gasteiger partial charge on any atom is 0.408 e. The van der Waals surface area contributed by atoms with Crippen molar-refractivity contribution in [3.8, 4) is 28.4 Å². The number of fused-ring (bicyclic) bond motifs is 1. The zero-order valence-electron chi connectivity index (χ0n) is 34.4. The van der Waals surface area contributed by atoms with Crippen LogP contribution in [0.5, 0.6) is 11.5 Å². The fraction of sp³-hybridized carbons (Fsp3) is 0.442. The molecule has 3 aliphatic heterocycles. The number of rotatable bonds is 9. The molecule has 18 nitrogen and oxygen atoms in total. The number of piperazine rings is 1. The number of amides is 5. The average molecular weight is 835 g/mol. The molecule has 0 bridgehead atoms. The van der Waals surface area contributed by atoms with Gasteiger partial charge < -0.3 is 35.0 Å². The van der Waals surface area contributed by atoms with E-state index in [9.17, 15) is 29.1 Å². The van der Waals surface area contributed by atoms with Crippen LogP contribution < -0.4 is 30.5 Å². The van der Waals surface area contributed by atoms with Crippen LogP contribution in [0.15, 0.2) is 60.9 Å². The largest absolute Gasteiger partial charge is 0.507 e. The van der Waals surface area contributed by atoms with E-state index < -0.39 is 30.2 Å². The van der Waals surface area contributed by atoms with Crippen molar-refractivity contribution in [3.63, 3.8) is 0 Å². The number of hydrogen-bond donors (Lipinski definition) is 4. The number of phenolic OH excluding ortho intramolecular Hbond substituents is 1. The van der Waals surface area contributed by atoms with E-state index in [0.717, 1.165) is 42.7 Å². The molecule has 1 atom stereocenters. The van der Waals surface area contributed by atoms with Crippen molar-refractivity contribution < 1.29 is 38.6 Å². The summed E-state index contributed by atoms with van der Waals surface area (Å²) in [6.07, 6.45) is 7.03. The van der Waals surface area contributed by atoms with E-state index in [2.05, 4.69) is 47.1 Å². The van der Waals surface area contributed by atoms with Gasteiger partial charge in [0.15, 0.2) is 5.82 Å². The Morgan fingerprint density at radius 1 is 0.967 bits per heavy atom. The third-order valence-corrected chi connectivity index (χ3v) is 11.5. The van der Waals surface area contributed by atoms with Gasteiger partial charge in [-0.2, -0.15) is 5.10 Å². The van der Waals surface area contributed by atoms with Crippen molar-refractivity contribution in [3.05, 3.63) is 66.5 Å². The number of ether oxygens (including phenoxy) is 2. The number of alkyl carbamates (subject to hydrolysis) is 1. The fourth-order valence-electron chi connectivity index (χ4n) is 8.64. The van der Waals surface area contributed by atoms with Gasteiger partial charge in [-0.25, -0.2) is 9.48 Å². The molecule has 3 fully saturated rings. The van der Waals surface area contributed by atoms with E-state index in [1.807, 2.05) is 12.1 Å². The number of aromatic hydroxyl groups is 1. The van der Waals surface area contributed by atoms with E-state index in [4.69, 9.17) is 9.47 Å². The zero-order chi connectivity index (χ0) is 42.8. The Kier molecular flexibility index (Phi) is 11.6. The number of anilines is 3. The molecule has 8 rings (SSSR count). The summed E-state index contributed by atoms with van der Waals surface area (Å²) in [7, 11) is 0. The van der Waals surface area contributed by atoms with Gasteiger partial charge in [-0.05, 0) is 88.6 Å². The van der Waals surface area contributed by atoms with Gasteiger partial charge in [0.25, 0.3) is 0 Å². The lowest BCUT2D eigenvalue weighted by Gasteiger charge is -2.42. The lowest BCUT2D eigenvalue weighted by atomic mass is 9.80. The molecule has 1 saturated carbocycles. The van der Waals surface area contributed by atoms with Gasteiger partial charge in [0, 0.05) is 31.1 Å². The summed E-state index contributed by atoms with van der Waals surface area (Å²) < 4.78 is 13.0. The SMILES string of the molecule is CC(C)(C)OC(=O)NCC(=O)Nc1nnc(-c2ccccc2O)cc1-n1cc(N2CCN(C3CCC(c4cccc5c4OCCN5[C@H]4CCC(=O)NC4=O)CC3)CC2=O)cn1. The van der Waals surface area contributed by atoms with Gasteiger partial charge in [-0.3, -0.25) is 29.4 Å². The zero-order valence-corrected chi connectivity index (χ0v) is 34.4. The summed E-state index contributed by atoms with van der Waals surface area (Å²) >= 11 is 0. The Hall–Kier alpha value is -6.56. The Labute approximate surface area is 352 Å². The number of carbonyl (C=O) groups excluding carboxylic acids is 5. The summed E-state index contributed by atoms with van der Waals surface area (Å²) in [6.45, 7) is 7.19. The van der Waals surface area contributed by atoms with Crippen LogP contribution >= 0.6 is 0 Å². The molecule has 4 N–H and O–H groups in total. The first-order chi connectivity index (χ1) is 29.3. The number of piperidine rings is 1. The minimum Gasteiger partial charge on any atom is -0.507 e. The monoisotopic (exact) mass is 834 g/mol. The summed E-state index contributed by atoms with van der Waals surface area (Å²) in [6, 6.07) is 14.3. The van der Waals surface area contributed by atoms with E-state index >= 15 is 0 Å². The molecule has 2 aromatic heterocycles. The van der Waals surface area contributed by atoms with E-state index in [1.165, 1.54) is 10.7 Å². The molecular formula is C43H50N10O8. The molecule has 320 valence electrons. The molecule has 4 aliphatic rings. The second-order valence-electron chi connectivity index (χ2n) is 16.8. The Bertz CT molecular complexity index is 2330. The Morgan fingerprint density at radius 2 is 1.77 bits per heavy atom. The average Bonchev–Trinajstić information content (AvgIpc) is 3.72. The lowest BCUT2D eigenvalue weighted by molar-refractivity contribution is -0.134. The number of phenols is 1. The summed E-state index contributed by atoms with van der Waals surface area (Å²) in [5.74, 6) is 0.00987. The predicted molar refractivity (Wildman–Crippen MR) is 223 cm³/mol. The smallest absolute Gasteiger partial charge is 0.408 e. The number of para-hydroxylation sites is 2. The second kappa shape index (κ2) is 17.2. The minimum atomic E-state index is -0.750. The molecular weight excluding hydrogens is 785 g/mol. The number of nitrogens with zero attached hydrogens (tertiary/aromatic N) is 7. The topological polar surface area (TPSA) is 213 Å².